The summed E-state index contributed by atoms with van der Waals surface area (Å²) < 4.78 is 47.4. The van der Waals surface area contributed by atoms with Gasteiger partial charge in [-0.25, -0.2) is 70.2 Å². The van der Waals surface area contributed by atoms with Gasteiger partial charge in [0.05, 0.1) is 145 Å². The van der Waals surface area contributed by atoms with Crippen LogP contribution in [0.3, 0.4) is 0 Å². The van der Waals surface area contributed by atoms with E-state index in [0.29, 0.717) is 73.1 Å². The molecule has 1 aliphatic rings. The van der Waals surface area contributed by atoms with Crippen molar-refractivity contribution in [2.45, 2.75) is 52.4 Å². The van der Waals surface area contributed by atoms with Crippen LogP contribution in [-0.2, 0) is 12.8 Å². The highest BCUT2D eigenvalue weighted by Gasteiger charge is 2.30. The van der Waals surface area contributed by atoms with E-state index in [-0.39, 0.29) is 98.1 Å². The van der Waals surface area contributed by atoms with Gasteiger partial charge in [-0.05, 0) is 129 Å². The number of rotatable bonds is 17. The van der Waals surface area contributed by atoms with Gasteiger partial charge in [0.1, 0.15) is 33.4 Å². The highest BCUT2D eigenvalue weighted by atomic mass is 35.5. The van der Waals surface area contributed by atoms with Crippen molar-refractivity contribution in [3.8, 4) is 34.4 Å². The van der Waals surface area contributed by atoms with Crippen molar-refractivity contribution in [1.82, 2.24) is 122 Å². The predicted octanol–water partition coefficient (Wildman–Crippen LogP) is 12.0. The van der Waals surface area contributed by atoms with Crippen LogP contribution in [0.5, 0.6) is 0 Å². The minimum atomic E-state index is -0.578. The Labute approximate surface area is 828 Å². The Bertz CT molecular complexity index is 8310. The molecule has 19 heterocycles. The molecule has 0 radical (unpaired) electrons. The molecule has 0 atom stereocenters. The number of nitrogens with one attached hydrogen (secondary N) is 6. The van der Waals surface area contributed by atoms with Gasteiger partial charge < -0.3 is 71.2 Å². The number of anilines is 12. The Morgan fingerprint density at radius 2 is 0.616 bits per heavy atom. The summed E-state index contributed by atoms with van der Waals surface area (Å²) in [5.41, 5.74) is 49.6. The number of hydrogen-bond donors (Lipinski definition) is 12. The van der Waals surface area contributed by atoms with Crippen molar-refractivity contribution in [1.29, 1.82) is 10.5 Å². The number of nitrogen functional groups attached to an aromatic ring is 6. The molecule has 2 aromatic carbocycles. The zero-order valence-corrected chi connectivity index (χ0v) is 78.2. The molecule has 0 aliphatic carbocycles. The van der Waals surface area contributed by atoms with Gasteiger partial charge in [-0.1, -0.05) is 72.3 Å². The van der Waals surface area contributed by atoms with Crippen LogP contribution in [0.15, 0.2) is 246 Å². The van der Waals surface area contributed by atoms with Crippen molar-refractivity contribution in [3.63, 3.8) is 0 Å². The minimum absolute atomic E-state index is 0.00432. The molecular weight excluding hydrogens is 1900 g/mol. The summed E-state index contributed by atoms with van der Waals surface area (Å²) in [6.07, 6.45) is 37.5. The van der Waals surface area contributed by atoms with Crippen LogP contribution < -0.4 is 66.3 Å². The summed E-state index contributed by atoms with van der Waals surface area (Å²) >= 11 is 5.84. The van der Waals surface area contributed by atoms with Gasteiger partial charge in [0.15, 0.2) is 86.2 Å². The van der Waals surface area contributed by atoms with E-state index in [0.717, 1.165) is 117 Å². The van der Waals surface area contributed by atoms with E-state index < -0.39 is 52.9 Å². The molecule has 146 heavy (non-hydrogen) atoms. The lowest BCUT2D eigenvalue weighted by atomic mass is 9.89. The summed E-state index contributed by atoms with van der Waals surface area (Å²) in [4.78, 5) is 127. The van der Waals surface area contributed by atoms with Crippen molar-refractivity contribution in [3.05, 3.63) is 335 Å². The monoisotopic (exact) mass is 1980 g/mol. The smallest absolute Gasteiger partial charge is 0.263 e. The van der Waals surface area contributed by atoms with E-state index in [1.165, 1.54) is 49.0 Å². The molecule has 21 rings (SSSR count). The van der Waals surface area contributed by atoms with Crippen LogP contribution >= 0.6 is 11.6 Å². The van der Waals surface area contributed by atoms with Crippen LogP contribution in [0.1, 0.15) is 114 Å². The molecule has 20 aromatic rings. The molecule has 49 heteroatoms. The van der Waals surface area contributed by atoms with Gasteiger partial charge in [0, 0.05) is 90.4 Å². The maximum absolute atomic E-state index is 13.3. The standard InChI is InChI=1S/C20H15N7O.C18H20FN7O.C18H13FN6O.C15H13N7O.C13H11ClN6O.C13H11FN6O/c21-8-6-13-10-24-19-17(18(22)26-27(19)12-13)20(28)25-16-11-23-9-7-15(16)14-4-2-1-3-5-14;1-25-6-3-11(4-7-25)13-2-5-21-9-14(13)23-18(27)15-16(20)24-26-10-12(19)8-22-17(15)26;19-12-8-22-17-15(16(20)24-25(17)10-12)18(26)23-14-9-21-7-6-13(14)11-4-2-1-3-5-11;1-9-3-5-18-7-11(9)20-15(23)12-13(17)21-22-8-10(2-4-16)6-19-14(12)22;2*1-7-2-3-16-5-9(7)18-13(21)10-11(15)19-20-6-8(14)4-17-12(10)20/h1-5,7,9-12H,6H2,(H2,22,26)(H,25,28);2,5,8-11H,3-4,6-7H2,1H3,(H2,20,24)(H,23,27);1-10H,(H2,20,24)(H,23,26);3,5-8H,2H2,1H3,(H2,17,21)(H,20,23);2*2-6H,1H3,(H2,15,19)(H,18,21). The number of piperidine rings is 1. The third kappa shape index (κ3) is 22.5. The molecule has 18 N–H and O–H groups in total. The van der Waals surface area contributed by atoms with Gasteiger partial charge in [0.2, 0.25) is 0 Å². The van der Waals surface area contributed by atoms with E-state index in [4.69, 9.17) is 56.5 Å². The molecule has 1 aliphatic heterocycles. The van der Waals surface area contributed by atoms with Crippen LogP contribution in [0.25, 0.3) is 56.1 Å². The molecule has 45 nitrogen and oxygen atoms in total. The second-order valence-electron chi connectivity index (χ2n) is 32.3. The number of benzene rings is 2. The lowest BCUT2D eigenvalue weighted by Gasteiger charge is -2.30. The van der Waals surface area contributed by atoms with Crippen LogP contribution in [0, 0.1) is 60.9 Å². The summed E-state index contributed by atoms with van der Waals surface area (Å²) in [7, 11) is 2.11. The zero-order valence-electron chi connectivity index (χ0n) is 77.4. The van der Waals surface area contributed by atoms with Crippen molar-refractivity contribution in [2.75, 3.05) is 86.4 Å². The number of carbonyl (C=O) groups excluding carboxylic acids is 6. The first-order valence-corrected chi connectivity index (χ1v) is 44.3. The maximum Gasteiger partial charge on any atom is 0.263 e. The Kier molecular flexibility index (Phi) is 29.9. The third-order valence-electron chi connectivity index (χ3n) is 22.3. The number of nitriles is 2. The quantitative estimate of drug-likeness (QED) is 0.0403. The summed E-state index contributed by atoms with van der Waals surface area (Å²) in [5, 5.41) is 58.7. The summed E-state index contributed by atoms with van der Waals surface area (Å²) in [5.74, 6) is -3.84. The van der Waals surface area contributed by atoms with E-state index in [9.17, 15) is 41.9 Å². The number of carbonyl (C=O) groups is 6. The molecule has 0 bridgehead atoms. The SMILES string of the molecule is CN1CCC(c2ccncc2NC(=O)c2c(N)nn3cc(F)cnc23)CC1.Cc1ccncc1NC(=O)c1c(N)nn2cc(CC#N)cnc12.Cc1ccncc1NC(=O)c1c(N)nn2cc(Cl)cnc12.Cc1ccncc1NC(=O)c1c(N)nn2cc(F)cnc12.N#CCc1cnc2c(C(=O)Nc3cnccc3-c3ccccc3)c(N)nn2c1.Nc1nn2cc(F)cnc2c1C(=O)Nc1cnccc1-c1ccccc1. The first kappa shape index (κ1) is 98.7. The molecule has 0 spiro atoms. The molecule has 1 fully saturated rings. The van der Waals surface area contributed by atoms with Crippen molar-refractivity contribution >= 4 is 150 Å². The molecule has 0 saturated carbocycles. The highest BCUT2D eigenvalue weighted by Crippen LogP contribution is 2.36. The van der Waals surface area contributed by atoms with E-state index in [2.05, 4.69) is 134 Å². The number of nitrogens with two attached hydrogens (primary N) is 6. The molecule has 1 saturated heterocycles. The zero-order chi connectivity index (χ0) is 103. The van der Waals surface area contributed by atoms with E-state index in [1.807, 2.05) is 106 Å². The second-order valence-corrected chi connectivity index (χ2v) is 32.7. The van der Waals surface area contributed by atoms with Crippen LogP contribution in [0.4, 0.5) is 82.2 Å². The average Bonchev–Trinajstić information content (AvgIpc) is 0.959. The molecule has 0 unspecified atom stereocenters. The third-order valence-corrected chi connectivity index (χ3v) is 22.5. The number of fused-ring (bicyclic) bond motifs is 6. The highest BCUT2D eigenvalue weighted by molar-refractivity contribution is 6.30. The first-order valence-electron chi connectivity index (χ1n) is 43.9. The number of nitrogens with zero attached hydrogens (tertiary/aromatic N) is 27. The Morgan fingerprint density at radius 3 is 0.938 bits per heavy atom. The fourth-order valence-electron chi connectivity index (χ4n) is 15.2. The van der Waals surface area contributed by atoms with Gasteiger partial charge in [-0.2, -0.15) is 10.5 Å². The molecule has 18 aromatic heterocycles. The van der Waals surface area contributed by atoms with E-state index in [1.54, 1.807) is 105 Å². The van der Waals surface area contributed by atoms with Crippen molar-refractivity contribution < 1.29 is 41.9 Å². The van der Waals surface area contributed by atoms with Crippen molar-refractivity contribution in [2.24, 2.45) is 0 Å². The van der Waals surface area contributed by atoms with Gasteiger partial charge >= 0.3 is 0 Å². The van der Waals surface area contributed by atoms with Crippen LogP contribution in [-0.4, -0.2) is 178 Å². The van der Waals surface area contributed by atoms with E-state index >= 15 is 0 Å². The number of likely N-dealkylation sites (tertiary alicyclic amines) is 1. The number of hydrogen-bond acceptors (Lipinski definition) is 33. The number of aromatic nitrogens is 24. The normalized spacial score (nSPS) is 11.6. The lowest BCUT2D eigenvalue weighted by molar-refractivity contribution is 0.102. The second kappa shape index (κ2) is 44.2. The Hall–Kier alpha value is -20.3. The minimum Gasteiger partial charge on any atom is -0.381 e. The fourth-order valence-corrected chi connectivity index (χ4v) is 15.3. The first-order chi connectivity index (χ1) is 70.5. The maximum atomic E-state index is 13.3. The number of aryl methyl sites for hydroxylation is 3. The predicted molar refractivity (Wildman–Crippen MR) is 536 cm³/mol. The molecule has 6 amide bonds. The van der Waals surface area contributed by atoms with Gasteiger partial charge in [-0.15, -0.1) is 30.6 Å². The Balaban J connectivity index is 0.000000126. The fraction of sp³-hybridized carbons (Fsp3) is 0.113. The number of pyridine rings is 6. The number of halogens is 4. The lowest BCUT2D eigenvalue weighted by Crippen LogP contribution is -2.29. The molecular formula is C97H83ClF3N39O6. The summed E-state index contributed by atoms with van der Waals surface area (Å²) in [6, 6.07) is 34.3. The van der Waals surface area contributed by atoms with Gasteiger partial charge in [-0.3, -0.25) is 58.7 Å². The van der Waals surface area contributed by atoms with Crippen LogP contribution in [0.2, 0.25) is 5.02 Å². The Morgan fingerprint density at radius 1 is 0.349 bits per heavy atom. The average molecular weight is 1980 g/mol. The largest absolute Gasteiger partial charge is 0.381 e. The topological polar surface area (TPSA) is 640 Å². The molecule has 730 valence electrons. The number of amides is 6. The van der Waals surface area contributed by atoms with Gasteiger partial charge in [0.25, 0.3) is 35.4 Å². The summed E-state index contributed by atoms with van der Waals surface area (Å²) in [6.45, 7) is 7.59.